The summed E-state index contributed by atoms with van der Waals surface area (Å²) in [5.74, 6) is -0.178. The molecule has 0 atom stereocenters. The number of thiocarbonyl (C=S) groups is 1. The molecule has 3 N–H and O–H groups in total. The predicted molar refractivity (Wildman–Crippen MR) is 85.0 cm³/mol. The first kappa shape index (κ1) is 14.5. The quantitative estimate of drug-likeness (QED) is 0.854. The van der Waals surface area contributed by atoms with Crippen LogP contribution in [0, 0.1) is 0 Å². The number of hydrogen-bond donors (Lipinski definition) is 2. The van der Waals surface area contributed by atoms with Crippen LogP contribution < -0.4 is 11.1 Å². The summed E-state index contributed by atoms with van der Waals surface area (Å²) < 4.78 is 0. The Morgan fingerprint density at radius 1 is 1.15 bits per heavy atom. The topological polar surface area (TPSA) is 55.1 Å². The number of rotatable bonds is 4. The van der Waals surface area contributed by atoms with E-state index in [-0.39, 0.29) is 10.9 Å². The molecule has 102 valence electrons. The molecule has 0 unspecified atom stereocenters. The predicted octanol–water partition coefficient (Wildman–Crippen LogP) is 2.90. The van der Waals surface area contributed by atoms with E-state index in [4.69, 9.17) is 29.6 Å². The molecule has 0 aromatic heterocycles. The lowest BCUT2D eigenvalue weighted by Gasteiger charge is -2.07. The zero-order chi connectivity index (χ0) is 14.5. The maximum Gasteiger partial charge on any atom is 0.251 e. The Balaban J connectivity index is 2.05. The second kappa shape index (κ2) is 6.50. The van der Waals surface area contributed by atoms with Crippen molar-refractivity contribution in [1.82, 2.24) is 5.32 Å². The fourth-order valence-corrected chi connectivity index (χ4v) is 2.08. The summed E-state index contributed by atoms with van der Waals surface area (Å²) in [5, 5.41) is 3.47. The lowest BCUT2D eigenvalue weighted by molar-refractivity contribution is 0.0951. The van der Waals surface area contributed by atoms with Gasteiger partial charge in [-0.1, -0.05) is 48.1 Å². The smallest absolute Gasteiger partial charge is 0.251 e. The fourth-order valence-electron chi connectivity index (χ4n) is 1.75. The summed E-state index contributed by atoms with van der Waals surface area (Å²) in [4.78, 5) is 12.3. The molecule has 1 amide bonds. The van der Waals surface area contributed by atoms with Gasteiger partial charge in [-0.05, 0) is 29.8 Å². The second-order valence-corrected chi connectivity index (χ2v) is 5.13. The van der Waals surface area contributed by atoms with E-state index in [0.29, 0.717) is 22.7 Å². The summed E-state index contributed by atoms with van der Waals surface area (Å²) in [6, 6.07) is 14.3. The van der Waals surface area contributed by atoms with Crippen LogP contribution in [0.4, 0.5) is 0 Å². The van der Waals surface area contributed by atoms with Crippen LogP contribution in [-0.2, 0) is 6.54 Å². The minimum absolute atomic E-state index is 0.178. The van der Waals surface area contributed by atoms with Crippen molar-refractivity contribution in [2.45, 2.75) is 6.54 Å². The number of carbonyl (C=O) groups is 1. The zero-order valence-corrected chi connectivity index (χ0v) is 12.2. The third kappa shape index (κ3) is 3.79. The van der Waals surface area contributed by atoms with Gasteiger partial charge in [0.05, 0.1) is 0 Å². The second-order valence-electron chi connectivity index (χ2n) is 4.26. The van der Waals surface area contributed by atoms with Gasteiger partial charge in [-0.3, -0.25) is 4.79 Å². The van der Waals surface area contributed by atoms with Crippen molar-refractivity contribution in [1.29, 1.82) is 0 Å². The first-order valence-electron chi connectivity index (χ1n) is 5.99. The molecule has 5 heteroatoms. The third-order valence-corrected chi connectivity index (χ3v) is 3.22. The maximum atomic E-state index is 12.0. The van der Waals surface area contributed by atoms with Crippen molar-refractivity contribution >= 4 is 34.7 Å². The highest BCUT2D eigenvalue weighted by atomic mass is 35.5. The van der Waals surface area contributed by atoms with Gasteiger partial charge in [-0.25, -0.2) is 0 Å². The molecule has 20 heavy (non-hydrogen) atoms. The Kier molecular flexibility index (Phi) is 4.71. The number of benzene rings is 2. The number of carbonyl (C=O) groups excluding carboxylic acids is 1. The molecule has 2 aromatic rings. The zero-order valence-electron chi connectivity index (χ0n) is 10.6. The molecule has 0 aliphatic rings. The van der Waals surface area contributed by atoms with Crippen molar-refractivity contribution in [2.24, 2.45) is 5.73 Å². The highest BCUT2D eigenvalue weighted by molar-refractivity contribution is 7.80. The Morgan fingerprint density at radius 2 is 1.85 bits per heavy atom. The molecule has 2 rings (SSSR count). The van der Waals surface area contributed by atoms with Crippen LogP contribution in [0.5, 0.6) is 0 Å². The van der Waals surface area contributed by atoms with Crippen LogP contribution in [0.25, 0.3) is 0 Å². The summed E-state index contributed by atoms with van der Waals surface area (Å²) in [6.45, 7) is 0.413. The van der Waals surface area contributed by atoms with Gasteiger partial charge in [0.25, 0.3) is 5.91 Å². The van der Waals surface area contributed by atoms with Crippen LogP contribution in [0.15, 0.2) is 48.5 Å². The van der Waals surface area contributed by atoms with E-state index in [2.05, 4.69) is 5.32 Å². The van der Waals surface area contributed by atoms with Crippen LogP contribution in [0.1, 0.15) is 21.5 Å². The van der Waals surface area contributed by atoms with E-state index in [9.17, 15) is 4.79 Å². The van der Waals surface area contributed by atoms with Crippen LogP contribution >= 0.6 is 23.8 Å². The molecule has 0 saturated heterocycles. The molecule has 0 saturated carbocycles. The van der Waals surface area contributed by atoms with Crippen molar-refractivity contribution in [3.8, 4) is 0 Å². The van der Waals surface area contributed by atoms with Gasteiger partial charge < -0.3 is 11.1 Å². The first-order valence-corrected chi connectivity index (χ1v) is 6.77. The van der Waals surface area contributed by atoms with E-state index in [1.165, 1.54) is 0 Å². The monoisotopic (exact) mass is 304 g/mol. The average molecular weight is 305 g/mol. The van der Waals surface area contributed by atoms with Gasteiger partial charge in [-0.2, -0.15) is 0 Å². The van der Waals surface area contributed by atoms with Gasteiger partial charge in [0.1, 0.15) is 4.99 Å². The molecule has 0 bridgehead atoms. The summed E-state index contributed by atoms with van der Waals surface area (Å²) >= 11 is 10.8. The number of nitrogens with two attached hydrogens (primary N) is 1. The Labute approximate surface area is 127 Å². The highest BCUT2D eigenvalue weighted by Gasteiger charge is 2.07. The molecular formula is C15H13ClN2OS. The Morgan fingerprint density at radius 3 is 2.55 bits per heavy atom. The largest absolute Gasteiger partial charge is 0.389 e. The molecule has 3 nitrogen and oxygen atoms in total. The van der Waals surface area contributed by atoms with Crippen LogP contribution in [0.2, 0.25) is 5.02 Å². The molecule has 0 fully saturated rings. The molecular weight excluding hydrogens is 292 g/mol. The number of hydrogen-bond acceptors (Lipinski definition) is 2. The molecule has 0 aliphatic heterocycles. The third-order valence-electron chi connectivity index (χ3n) is 2.75. The minimum atomic E-state index is -0.178. The fraction of sp³-hybridized carbons (Fsp3) is 0.0667. The van der Waals surface area contributed by atoms with Crippen LogP contribution in [0.3, 0.4) is 0 Å². The first-order chi connectivity index (χ1) is 9.56. The van der Waals surface area contributed by atoms with Crippen molar-refractivity contribution < 1.29 is 4.79 Å². The van der Waals surface area contributed by atoms with Gasteiger partial charge in [0.2, 0.25) is 0 Å². The van der Waals surface area contributed by atoms with Crippen molar-refractivity contribution in [3.63, 3.8) is 0 Å². The van der Waals surface area contributed by atoms with Gasteiger partial charge in [0.15, 0.2) is 0 Å². The SMILES string of the molecule is NC(=S)c1cccc(C(=O)NCc2cccc(Cl)c2)c1. The molecule has 0 radical (unpaired) electrons. The van der Waals surface area contributed by atoms with E-state index in [1.807, 2.05) is 18.2 Å². The van der Waals surface area contributed by atoms with Gasteiger partial charge in [-0.15, -0.1) is 0 Å². The number of amides is 1. The van der Waals surface area contributed by atoms with Crippen LogP contribution in [-0.4, -0.2) is 10.9 Å². The normalized spacial score (nSPS) is 10.1. The van der Waals surface area contributed by atoms with E-state index >= 15 is 0 Å². The van der Waals surface area contributed by atoms with E-state index in [1.54, 1.807) is 30.3 Å². The maximum absolute atomic E-state index is 12.0. The van der Waals surface area contributed by atoms with Gasteiger partial charge in [0, 0.05) is 22.7 Å². The molecule has 0 spiro atoms. The summed E-state index contributed by atoms with van der Waals surface area (Å²) in [5.41, 5.74) is 7.69. The summed E-state index contributed by atoms with van der Waals surface area (Å²) in [6.07, 6.45) is 0. The highest BCUT2D eigenvalue weighted by Crippen LogP contribution is 2.11. The summed E-state index contributed by atoms with van der Waals surface area (Å²) in [7, 11) is 0. The lowest BCUT2D eigenvalue weighted by Crippen LogP contribution is -2.23. The molecule has 0 aliphatic carbocycles. The number of nitrogens with one attached hydrogen (secondary N) is 1. The van der Waals surface area contributed by atoms with Gasteiger partial charge >= 0.3 is 0 Å². The lowest BCUT2D eigenvalue weighted by atomic mass is 10.1. The minimum Gasteiger partial charge on any atom is -0.389 e. The standard InChI is InChI=1S/C15H13ClN2OS/c16-13-6-1-3-10(7-13)9-18-15(19)12-5-2-4-11(8-12)14(17)20/h1-8H,9H2,(H2,17,20)(H,18,19). The van der Waals surface area contributed by atoms with E-state index < -0.39 is 0 Å². The van der Waals surface area contributed by atoms with Crippen molar-refractivity contribution in [2.75, 3.05) is 0 Å². The Hall–Kier alpha value is -1.91. The van der Waals surface area contributed by atoms with E-state index in [0.717, 1.165) is 5.56 Å². The molecule has 2 aromatic carbocycles. The molecule has 0 heterocycles. The average Bonchev–Trinajstić information content (AvgIpc) is 2.45. The Bertz CT molecular complexity index is 658. The number of halogens is 1. The van der Waals surface area contributed by atoms with Crippen molar-refractivity contribution in [3.05, 3.63) is 70.2 Å².